The molecule has 1 aliphatic heterocycles. The normalized spacial score (nSPS) is 28.9. The van der Waals surface area contributed by atoms with Crippen molar-refractivity contribution in [2.24, 2.45) is 0 Å². The number of carbonyl (C=O) groups excluding carboxylic acids is 2. The Bertz CT molecular complexity index is 521. The average molecular weight is 318 g/mol. The summed E-state index contributed by atoms with van der Waals surface area (Å²) in [6.45, 7) is 0. The summed E-state index contributed by atoms with van der Waals surface area (Å²) in [4.78, 5) is 22.7. The molecular formula is C7H10O10S2. The van der Waals surface area contributed by atoms with Crippen LogP contribution >= 0.6 is 0 Å². The lowest BCUT2D eigenvalue weighted by Gasteiger charge is -2.18. The Morgan fingerprint density at radius 1 is 0.895 bits per heavy atom. The van der Waals surface area contributed by atoms with Crippen LogP contribution in [-0.4, -0.2) is 60.3 Å². The molecule has 0 aromatic carbocycles. The van der Waals surface area contributed by atoms with Crippen molar-refractivity contribution in [1.82, 2.24) is 0 Å². The Hall–Kier alpha value is -1.24. The Morgan fingerprint density at radius 2 is 1.21 bits per heavy atom. The molecule has 110 valence electrons. The molecular weight excluding hydrogens is 308 g/mol. The number of ether oxygens (including phenoxy) is 2. The molecule has 12 heteroatoms. The molecule has 1 fully saturated rings. The van der Waals surface area contributed by atoms with Crippen LogP contribution in [0, 0.1) is 0 Å². The SMILES string of the molecule is COC(=O)C1OS(=O)(=O)CS(=O)(=O)OC1C(=O)OC. The predicted octanol–water partition coefficient (Wildman–Crippen LogP) is -2.27. The number of esters is 2. The summed E-state index contributed by atoms with van der Waals surface area (Å²) in [5, 5.41) is -1.53. The van der Waals surface area contributed by atoms with Crippen LogP contribution in [0.1, 0.15) is 0 Å². The molecule has 10 nitrogen and oxygen atoms in total. The molecule has 19 heavy (non-hydrogen) atoms. The molecule has 0 aromatic heterocycles. The van der Waals surface area contributed by atoms with Crippen molar-refractivity contribution >= 4 is 32.2 Å². The van der Waals surface area contributed by atoms with Crippen molar-refractivity contribution < 1.29 is 44.3 Å². The highest BCUT2D eigenvalue weighted by atomic mass is 32.3. The third-order valence-corrected chi connectivity index (χ3v) is 5.24. The highest BCUT2D eigenvalue weighted by Gasteiger charge is 2.48. The van der Waals surface area contributed by atoms with E-state index in [4.69, 9.17) is 0 Å². The lowest BCUT2D eigenvalue weighted by Crippen LogP contribution is -2.44. The summed E-state index contributed by atoms with van der Waals surface area (Å²) < 4.78 is 62.4. The molecule has 0 spiro atoms. The van der Waals surface area contributed by atoms with Gasteiger partial charge in [0.1, 0.15) is 0 Å². The van der Waals surface area contributed by atoms with Crippen LogP contribution in [0.3, 0.4) is 0 Å². The first-order chi connectivity index (χ1) is 8.62. The lowest BCUT2D eigenvalue weighted by molar-refractivity contribution is -0.164. The molecule has 1 aliphatic rings. The fourth-order valence-electron chi connectivity index (χ4n) is 1.21. The van der Waals surface area contributed by atoms with Gasteiger partial charge in [-0.3, -0.25) is 8.37 Å². The first-order valence-corrected chi connectivity index (χ1v) is 7.75. The largest absolute Gasteiger partial charge is 0.467 e. The molecule has 1 heterocycles. The minimum atomic E-state index is -4.63. The summed E-state index contributed by atoms with van der Waals surface area (Å²) in [6, 6.07) is 0. The van der Waals surface area contributed by atoms with Gasteiger partial charge in [-0.2, -0.15) is 16.8 Å². The minimum Gasteiger partial charge on any atom is -0.467 e. The Kier molecular flexibility index (Phi) is 4.50. The van der Waals surface area contributed by atoms with Crippen molar-refractivity contribution in [1.29, 1.82) is 0 Å². The molecule has 0 N–H and O–H groups in total. The zero-order chi connectivity index (χ0) is 14.8. The van der Waals surface area contributed by atoms with E-state index in [2.05, 4.69) is 17.8 Å². The second-order valence-corrected chi connectivity index (χ2v) is 6.87. The van der Waals surface area contributed by atoms with E-state index >= 15 is 0 Å². The highest BCUT2D eigenvalue weighted by Crippen LogP contribution is 2.20. The Balaban J connectivity index is 3.30. The number of rotatable bonds is 2. The van der Waals surface area contributed by atoms with E-state index in [1.165, 1.54) is 0 Å². The summed E-state index contributed by atoms with van der Waals surface area (Å²) in [5.74, 6) is -2.59. The van der Waals surface area contributed by atoms with Gasteiger partial charge in [-0.15, -0.1) is 0 Å². The minimum absolute atomic E-state index is 0.895. The van der Waals surface area contributed by atoms with Crippen LogP contribution < -0.4 is 0 Å². The van der Waals surface area contributed by atoms with Gasteiger partial charge >= 0.3 is 11.9 Å². The highest BCUT2D eigenvalue weighted by molar-refractivity contribution is 8.03. The second-order valence-electron chi connectivity index (χ2n) is 3.31. The molecule has 0 aromatic rings. The van der Waals surface area contributed by atoms with Crippen molar-refractivity contribution in [3.05, 3.63) is 0 Å². The molecule has 0 bridgehead atoms. The van der Waals surface area contributed by atoms with Crippen molar-refractivity contribution in [2.75, 3.05) is 19.3 Å². The van der Waals surface area contributed by atoms with Crippen LogP contribution in [0.2, 0.25) is 0 Å². The summed E-state index contributed by atoms with van der Waals surface area (Å²) >= 11 is 0. The molecule has 0 saturated carbocycles. The van der Waals surface area contributed by atoms with Crippen molar-refractivity contribution in [3.63, 3.8) is 0 Å². The number of hydrogen-bond acceptors (Lipinski definition) is 10. The van der Waals surface area contributed by atoms with E-state index in [1.807, 2.05) is 0 Å². The number of methoxy groups -OCH3 is 2. The van der Waals surface area contributed by atoms with Crippen LogP contribution in [-0.2, 0) is 47.7 Å². The maximum Gasteiger partial charge on any atom is 0.340 e. The van der Waals surface area contributed by atoms with Gasteiger partial charge in [0, 0.05) is 0 Å². The molecule has 1 saturated heterocycles. The molecule has 0 radical (unpaired) electrons. The topological polar surface area (TPSA) is 139 Å². The molecule has 0 amide bonds. The van der Waals surface area contributed by atoms with Crippen molar-refractivity contribution in [3.8, 4) is 0 Å². The van der Waals surface area contributed by atoms with E-state index in [9.17, 15) is 26.4 Å². The van der Waals surface area contributed by atoms with Gasteiger partial charge in [-0.1, -0.05) is 0 Å². The first kappa shape index (κ1) is 15.8. The zero-order valence-electron chi connectivity index (χ0n) is 9.76. The van der Waals surface area contributed by atoms with E-state index < -0.39 is 49.5 Å². The number of carbonyl (C=O) groups is 2. The second kappa shape index (κ2) is 5.40. The fourth-order valence-corrected chi connectivity index (χ4v) is 4.06. The lowest BCUT2D eigenvalue weighted by atomic mass is 10.2. The van der Waals surface area contributed by atoms with Gasteiger partial charge in [0.15, 0.2) is 0 Å². The third-order valence-electron chi connectivity index (χ3n) is 1.93. The van der Waals surface area contributed by atoms with Crippen LogP contribution in [0.5, 0.6) is 0 Å². The maximum absolute atomic E-state index is 11.4. The first-order valence-electron chi connectivity index (χ1n) is 4.59. The van der Waals surface area contributed by atoms with Gasteiger partial charge in [0.2, 0.25) is 17.3 Å². The summed E-state index contributed by atoms with van der Waals surface area (Å²) in [5.41, 5.74) is 0. The van der Waals surface area contributed by atoms with Gasteiger partial charge in [0.25, 0.3) is 20.2 Å². The molecule has 2 atom stereocenters. The monoisotopic (exact) mass is 318 g/mol. The zero-order valence-corrected chi connectivity index (χ0v) is 11.4. The van der Waals surface area contributed by atoms with E-state index in [0.29, 0.717) is 0 Å². The van der Waals surface area contributed by atoms with Gasteiger partial charge in [-0.25, -0.2) is 9.59 Å². The Labute approximate surface area is 108 Å². The smallest absolute Gasteiger partial charge is 0.340 e. The Morgan fingerprint density at radius 3 is 1.47 bits per heavy atom. The van der Waals surface area contributed by atoms with E-state index in [0.717, 1.165) is 14.2 Å². The van der Waals surface area contributed by atoms with E-state index in [-0.39, 0.29) is 0 Å². The van der Waals surface area contributed by atoms with Gasteiger partial charge in [0.05, 0.1) is 14.2 Å². The average Bonchev–Trinajstić information content (AvgIpc) is 2.39. The van der Waals surface area contributed by atoms with Crippen LogP contribution in [0.15, 0.2) is 0 Å². The quantitative estimate of drug-likeness (QED) is 0.404. The standard InChI is InChI=1S/C7H10O10S2/c1-14-6(8)4-5(7(9)15-2)17-19(12,13)3-18(10,11)16-4/h4-5H,3H2,1-2H3. The molecule has 1 rings (SSSR count). The summed E-state index contributed by atoms with van der Waals surface area (Å²) in [7, 11) is -7.46. The van der Waals surface area contributed by atoms with Crippen molar-refractivity contribution in [2.45, 2.75) is 12.2 Å². The fraction of sp³-hybridized carbons (Fsp3) is 0.714. The van der Waals surface area contributed by atoms with Crippen LogP contribution in [0.25, 0.3) is 0 Å². The van der Waals surface area contributed by atoms with E-state index in [1.54, 1.807) is 0 Å². The van der Waals surface area contributed by atoms with Gasteiger partial charge in [-0.05, 0) is 0 Å². The van der Waals surface area contributed by atoms with Crippen LogP contribution in [0.4, 0.5) is 0 Å². The number of hydrogen-bond donors (Lipinski definition) is 0. The third kappa shape index (κ3) is 3.86. The maximum atomic E-state index is 11.4. The molecule has 0 aliphatic carbocycles. The predicted molar refractivity (Wildman–Crippen MR) is 56.5 cm³/mol. The van der Waals surface area contributed by atoms with Gasteiger partial charge < -0.3 is 9.47 Å². The molecule has 2 unspecified atom stereocenters. The summed E-state index contributed by atoms with van der Waals surface area (Å²) in [6.07, 6.45) is -4.19.